The van der Waals surface area contributed by atoms with Crippen molar-refractivity contribution in [3.8, 4) is 0 Å². The first-order valence-electron chi connectivity index (χ1n) is 11.0. The molecule has 3 atom stereocenters. The van der Waals surface area contributed by atoms with Crippen LogP contribution in [0.25, 0.3) is 0 Å². The van der Waals surface area contributed by atoms with E-state index in [-0.39, 0.29) is 35.4 Å². The number of nitrogens with one attached hydrogen (secondary N) is 1. The molecule has 2 aromatic rings. The molecule has 5 heterocycles. The van der Waals surface area contributed by atoms with Gasteiger partial charge in [0.1, 0.15) is 17.1 Å². The van der Waals surface area contributed by atoms with Gasteiger partial charge in [-0.2, -0.15) is 9.36 Å². The van der Waals surface area contributed by atoms with Gasteiger partial charge in [0.15, 0.2) is 24.1 Å². The summed E-state index contributed by atoms with van der Waals surface area (Å²) in [6, 6.07) is 4.47. The molecule has 0 aromatic carbocycles. The number of carboxylic acids is 1. The van der Waals surface area contributed by atoms with Crippen LogP contribution >= 0.6 is 23.3 Å². The largest absolute Gasteiger partial charge is 0.477 e. The van der Waals surface area contributed by atoms with E-state index in [0.717, 1.165) is 11.5 Å². The van der Waals surface area contributed by atoms with Gasteiger partial charge in [-0.05, 0) is 0 Å². The van der Waals surface area contributed by atoms with Crippen molar-refractivity contribution in [2.24, 2.45) is 5.16 Å². The third-order valence-electron chi connectivity index (χ3n) is 5.71. The van der Waals surface area contributed by atoms with E-state index >= 15 is 0 Å². The predicted octanol–water partition coefficient (Wildman–Crippen LogP) is -1.12. The minimum Gasteiger partial charge on any atom is -0.477 e. The van der Waals surface area contributed by atoms with Crippen LogP contribution in [0.1, 0.15) is 12.2 Å². The van der Waals surface area contributed by atoms with E-state index in [2.05, 4.69) is 19.8 Å². The van der Waals surface area contributed by atoms with Gasteiger partial charge in [-0.3, -0.25) is 14.5 Å². The van der Waals surface area contributed by atoms with E-state index in [0.29, 0.717) is 17.9 Å². The molecule has 0 spiro atoms. The number of anilines is 1. The van der Waals surface area contributed by atoms with Gasteiger partial charge in [-0.15, -0.1) is 11.8 Å². The Balaban J connectivity index is 1.34. The molecule has 2 aromatic heterocycles. The molecule has 2 amide bonds. The first-order valence-corrected chi connectivity index (χ1v) is 12.8. The minimum absolute atomic E-state index is 0.0737. The second-order valence-electron chi connectivity index (χ2n) is 8.11. The summed E-state index contributed by atoms with van der Waals surface area (Å²) in [6.07, 6.45) is 2.87. The smallest absolute Gasteiger partial charge is 0.352 e. The summed E-state index contributed by atoms with van der Waals surface area (Å²) >= 11 is 2.16. The normalized spacial score (nSPS) is 23.3. The van der Waals surface area contributed by atoms with Crippen molar-refractivity contribution < 1.29 is 38.4 Å². The molecule has 2 saturated heterocycles. The molecule has 16 heteroatoms. The fraction of sp³-hybridized carbons (Fsp3) is 0.333. The number of aliphatic carboxylic acids is 1. The maximum Gasteiger partial charge on any atom is 0.352 e. The summed E-state index contributed by atoms with van der Waals surface area (Å²) in [5.41, 5.74) is 5.73. The number of hydrogen-bond acceptors (Lipinski definition) is 12. The lowest BCUT2D eigenvalue weighted by molar-refractivity contribution is -0.689. The van der Waals surface area contributed by atoms with E-state index in [9.17, 15) is 24.3 Å². The number of hydrogen-bond donors (Lipinski definition) is 3. The summed E-state index contributed by atoms with van der Waals surface area (Å²) in [5.74, 6) is -3.05. The average molecular weight is 547 g/mol. The van der Waals surface area contributed by atoms with Crippen LogP contribution in [0.5, 0.6) is 0 Å². The van der Waals surface area contributed by atoms with E-state index in [1.54, 1.807) is 12.4 Å². The van der Waals surface area contributed by atoms with Crippen molar-refractivity contribution in [3.63, 3.8) is 0 Å². The molecule has 192 valence electrons. The summed E-state index contributed by atoms with van der Waals surface area (Å²) in [7, 11) is 0. The number of carbonyl (C=O) groups excluding carboxylic acids is 3. The number of thioether (sulfide) groups is 1. The number of carboxylic acid groups (broad SMARTS) is 1. The zero-order valence-corrected chi connectivity index (χ0v) is 20.6. The van der Waals surface area contributed by atoms with E-state index in [4.69, 9.17) is 15.3 Å². The number of nitrogens with two attached hydrogens (primary N) is 1. The van der Waals surface area contributed by atoms with Crippen molar-refractivity contribution in [2.75, 3.05) is 18.1 Å². The molecule has 0 radical (unpaired) electrons. The highest BCUT2D eigenvalue weighted by Crippen LogP contribution is 2.40. The van der Waals surface area contributed by atoms with Gasteiger partial charge in [0.2, 0.25) is 17.6 Å². The zero-order chi connectivity index (χ0) is 26.1. The monoisotopic (exact) mass is 546 g/mol. The Morgan fingerprint density at radius 1 is 1.32 bits per heavy atom. The Morgan fingerprint density at radius 3 is 2.76 bits per heavy atom. The van der Waals surface area contributed by atoms with Crippen LogP contribution in [-0.4, -0.2) is 78.7 Å². The molecule has 14 nitrogen and oxygen atoms in total. The number of pyridine rings is 1. The van der Waals surface area contributed by atoms with Gasteiger partial charge in [-0.25, -0.2) is 14.2 Å². The Hall–Kier alpha value is -4.05. The van der Waals surface area contributed by atoms with Gasteiger partial charge in [0.25, 0.3) is 11.8 Å². The highest BCUT2D eigenvalue weighted by Gasteiger charge is 2.55. The van der Waals surface area contributed by atoms with Gasteiger partial charge < -0.3 is 25.7 Å². The number of rotatable bonds is 8. The van der Waals surface area contributed by atoms with Crippen LogP contribution in [0.3, 0.4) is 0 Å². The highest BCUT2D eigenvalue weighted by molar-refractivity contribution is 8.00. The second-order valence-corrected chi connectivity index (χ2v) is 10.0. The number of aromatic nitrogens is 3. The molecule has 0 aliphatic carbocycles. The molecule has 3 aliphatic heterocycles. The molecule has 5 rings (SSSR count). The van der Waals surface area contributed by atoms with Crippen LogP contribution in [0.2, 0.25) is 0 Å². The Morgan fingerprint density at radius 2 is 2.11 bits per heavy atom. The summed E-state index contributed by atoms with van der Waals surface area (Å²) in [4.78, 5) is 60.2. The third-order valence-corrected chi connectivity index (χ3v) is 7.60. The second kappa shape index (κ2) is 10.1. The number of cyclic esters (lactones) is 1. The fourth-order valence-corrected chi connectivity index (χ4v) is 5.75. The molecular weight excluding hydrogens is 526 g/mol. The fourth-order valence-electron chi connectivity index (χ4n) is 3.98. The first-order chi connectivity index (χ1) is 17.8. The SMILES string of the molecule is Nc1nc(C(=NOC2CCOC2=O)C(=O)NC2C(=O)N3C(C(=O)O)=C(C[n+]4ccccc4)CS[C@H]23)ns1. The standard InChI is InChI=1S/C21H19N7O7S2/c22-21-24-15(26-37-21)12(25-35-11-4-7-34-20(11)33)16(29)23-13-17(30)28-14(19(31)32)10(9-36-18(13)28)8-27-5-2-1-3-6-27/h1-3,5-6,11,13,18H,4,7-9H2,(H3-,22,23,24,26,29,31,32)/p+1/t11?,13?,18-/m1/s1. The van der Waals surface area contributed by atoms with Crippen LogP contribution < -0.4 is 15.6 Å². The summed E-state index contributed by atoms with van der Waals surface area (Å²) in [6.45, 7) is 0.468. The lowest BCUT2D eigenvalue weighted by Crippen LogP contribution is -2.71. The maximum absolute atomic E-state index is 13.1. The number of fused-ring (bicyclic) bond motifs is 1. The van der Waals surface area contributed by atoms with Crippen molar-refractivity contribution in [3.05, 3.63) is 47.7 Å². The molecule has 37 heavy (non-hydrogen) atoms. The van der Waals surface area contributed by atoms with Crippen LogP contribution in [-0.2, 0) is 35.3 Å². The number of nitrogens with zero attached hydrogens (tertiary/aromatic N) is 5. The molecule has 2 unspecified atom stereocenters. The number of β-lactam (4-membered cyclic amide) rings is 1. The highest BCUT2D eigenvalue weighted by atomic mass is 32.2. The molecular formula is C21H20N7O7S2+. The Labute approximate surface area is 217 Å². The van der Waals surface area contributed by atoms with Crippen LogP contribution in [0, 0.1) is 0 Å². The van der Waals surface area contributed by atoms with Crippen LogP contribution in [0.4, 0.5) is 5.13 Å². The Bertz CT molecular complexity index is 1330. The minimum atomic E-state index is -1.23. The number of nitrogen functional groups attached to an aromatic ring is 1. The first kappa shape index (κ1) is 24.6. The lowest BCUT2D eigenvalue weighted by Gasteiger charge is -2.49. The number of esters is 1. The van der Waals surface area contributed by atoms with Crippen LogP contribution in [0.15, 0.2) is 47.0 Å². The lowest BCUT2D eigenvalue weighted by atomic mass is 10.0. The maximum atomic E-state index is 13.1. The van der Waals surface area contributed by atoms with Crippen molar-refractivity contribution >= 4 is 57.9 Å². The number of oxime groups is 1. The van der Waals surface area contributed by atoms with Crippen molar-refractivity contribution in [1.29, 1.82) is 0 Å². The van der Waals surface area contributed by atoms with Gasteiger partial charge >= 0.3 is 11.9 Å². The van der Waals surface area contributed by atoms with E-state index in [1.165, 1.54) is 16.7 Å². The molecule has 4 N–H and O–H groups in total. The van der Waals surface area contributed by atoms with E-state index in [1.807, 2.05) is 22.8 Å². The predicted molar refractivity (Wildman–Crippen MR) is 128 cm³/mol. The number of amides is 2. The number of carbonyl (C=O) groups is 4. The molecule has 2 fully saturated rings. The Kier molecular flexibility index (Phi) is 6.75. The van der Waals surface area contributed by atoms with E-state index < -0.39 is 41.3 Å². The van der Waals surface area contributed by atoms with Gasteiger partial charge in [0.05, 0.1) is 6.61 Å². The van der Waals surface area contributed by atoms with Gasteiger partial charge in [0, 0.05) is 41.4 Å². The zero-order valence-electron chi connectivity index (χ0n) is 19.0. The average Bonchev–Trinajstić information content (AvgIpc) is 3.50. The third kappa shape index (κ3) is 4.84. The van der Waals surface area contributed by atoms with Crippen molar-refractivity contribution in [2.45, 2.75) is 30.5 Å². The van der Waals surface area contributed by atoms with Crippen molar-refractivity contribution in [1.82, 2.24) is 19.6 Å². The molecule has 0 bridgehead atoms. The quantitative estimate of drug-likeness (QED) is 0.120. The summed E-state index contributed by atoms with van der Waals surface area (Å²) in [5, 5.41) is 15.7. The number of ether oxygens (including phenoxy) is 1. The molecule has 0 saturated carbocycles. The topological polar surface area (TPSA) is 190 Å². The summed E-state index contributed by atoms with van der Waals surface area (Å²) < 4.78 is 10.6. The van der Waals surface area contributed by atoms with Gasteiger partial charge in [-0.1, -0.05) is 11.2 Å². The molecule has 3 aliphatic rings.